The summed E-state index contributed by atoms with van der Waals surface area (Å²) in [6.45, 7) is 3.13. The van der Waals surface area contributed by atoms with Gasteiger partial charge in [-0.05, 0) is 24.3 Å². The van der Waals surface area contributed by atoms with Crippen LogP contribution in [0.15, 0.2) is 12.3 Å². The topological polar surface area (TPSA) is 85.2 Å². The summed E-state index contributed by atoms with van der Waals surface area (Å²) in [4.78, 5) is 17.5. The number of nitrogen functional groups attached to an aromatic ring is 1. The van der Waals surface area contributed by atoms with E-state index < -0.39 is 5.91 Å². The highest BCUT2D eigenvalue weighted by Gasteiger charge is 2.34. The van der Waals surface area contributed by atoms with Gasteiger partial charge < -0.3 is 16.4 Å². The molecule has 17 heavy (non-hydrogen) atoms. The lowest BCUT2D eigenvalue weighted by molar-refractivity contribution is 0.100. The molecule has 4 N–H and O–H groups in total. The van der Waals surface area contributed by atoms with Gasteiger partial charge in [-0.25, -0.2) is 4.98 Å². The van der Waals surface area contributed by atoms with E-state index in [-0.39, 0.29) is 0 Å². The normalized spacial score (nSPS) is 22.2. The maximum absolute atomic E-state index is 11.3. The van der Waals surface area contributed by atoms with Crippen LogP contribution in [0.2, 0.25) is 0 Å². The zero-order chi connectivity index (χ0) is 12.6. The minimum absolute atomic E-state index is 0.390. The van der Waals surface area contributed by atoms with E-state index in [1.54, 1.807) is 12.3 Å². The number of hydrogen-bond acceptors (Lipinski definition) is 4. The number of rotatable bonds is 4. The summed E-state index contributed by atoms with van der Waals surface area (Å²) in [6, 6.07) is 1.58. The molecule has 5 heteroatoms. The molecule has 2 rings (SSSR count). The fourth-order valence-corrected chi connectivity index (χ4v) is 2.05. The van der Waals surface area contributed by atoms with Crippen molar-refractivity contribution in [1.29, 1.82) is 0 Å². The van der Waals surface area contributed by atoms with Gasteiger partial charge in [-0.15, -0.1) is 0 Å². The highest BCUT2D eigenvalue weighted by molar-refractivity contribution is 5.98. The largest absolute Gasteiger partial charge is 0.397 e. The smallest absolute Gasteiger partial charge is 0.252 e. The summed E-state index contributed by atoms with van der Waals surface area (Å²) in [5, 5.41) is 0. The van der Waals surface area contributed by atoms with Crippen LogP contribution < -0.4 is 16.4 Å². The molecule has 1 aromatic heterocycles. The van der Waals surface area contributed by atoms with Crippen molar-refractivity contribution in [2.24, 2.45) is 17.6 Å². The quantitative estimate of drug-likeness (QED) is 0.809. The molecule has 2 atom stereocenters. The lowest BCUT2D eigenvalue weighted by atomic mass is 10.2. The van der Waals surface area contributed by atoms with Crippen LogP contribution in [0.3, 0.4) is 0 Å². The Labute approximate surface area is 101 Å². The summed E-state index contributed by atoms with van der Waals surface area (Å²) < 4.78 is 0. The van der Waals surface area contributed by atoms with Gasteiger partial charge in [-0.2, -0.15) is 0 Å². The van der Waals surface area contributed by atoms with Crippen molar-refractivity contribution in [3.63, 3.8) is 0 Å². The van der Waals surface area contributed by atoms with Crippen LogP contribution in [0.25, 0.3) is 0 Å². The molecule has 0 radical (unpaired) electrons. The predicted octanol–water partition coefficient (Wildman–Crippen LogP) is 0.855. The van der Waals surface area contributed by atoms with Gasteiger partial charge in [0.1, 0.15) is 5.82 Å². The van der Waals surface area contributed by atoms with Crippen molar-refractivity contribution in [3.8, 4) is 0 Å². The van der Waals surface area contributed by atoms with Crippen molar-refractivity contribution in [2.75, 3.05) is 24.2 Å². The predicted molar refractivity (Wildman–Crippen MR) is 67.7 cm³/mol. The van der Waals surface area contributed by atoms with E-state index in [9.17, 15) is 4.79 Å². The maximum Gasteiger partial charge on any atom is 0.252 e. The molecule has 1 heterocycles. The Balaban J connectivity index is 2.21. The second-order valence-electron chi connectivity index (χ2n) is 4.86. The second kappa shape index (κ2) is 4.24. The Morgan fingerprint density at radius 3 is 2.82 bits per heavy atom. The summed E-state index contributed by atoms with van der Waals surface area (Å²) >= 11 is 0. The van der Waals surface area contributed by atoms with Crippen molar-refractivity contribution >= 4 is 17.4 Å². The fraction of sp³-hybridized carbons (Fsp3) is 0.500. The van der Waals surface area contributed by atoms with Crippen LogP contribution in [-0.2, 0) is 0 Å². The average Bonchev–Trinajstić information content (AvgIpc) is 2.93. The highest BCUT2D eigenvalue weighted by Crippen LogP contribution is 2.38. The van der Waals surface area contributed by atoms with Gasteiger partial charge in [0.25, 0.3) is 5.91 Å². The van der Waals surface area contributed by atoms with E-state index in [4.69, 9.17) is 11.5 Å². The highest BCUT2D eigenvalue weighted by atomic mass is 16.1. The molecule has 1 fully saturated rings. The van der Waals surface area contributed by atoms with Crippen LogP contribution in [-0.4, -0.2) is 24.5 Å². The first-order valence-corrected chi connectivity index (χ1v) is 5.75. The summed E-state index contributed by atoms with van der Waals surface area (Å²) in [5.41, 5.74) is 11.8. The van der Waals surface area contributed by atoms with E-state index in [2.05, 4.69) is 11.9 Å². The van der Waals surface area contributed by atoms with E-state index in [1.807, 2.05) is 11.9 Å². The molecule has 0 aromatic carbocycles. The monoisotopic (exact) mass is 234 g/mol. The third-order valence-electron chi connectivity index (χ3n) is 3.30. The Hall–Kier alpha value is -1.78. The number of nitrogens with two attached hydrogens (primary N) is 2. The first-order valence-electron chi connectivity index (χ1n) is 5.75. The molecule has 1 saturated carbocycles. The minimum Gasteiger partial charge on any atom is -0.397 e. The van der Waals surface area contributed by atoms with Gasteiger partial charge in [0.05, 0.1) is 17.4 Å². The Kier molecular flexibility index (Phi) is 2.92. The van der Waals surface area contributed by atoms with E-state index in [0.717, 1.165) is 12.5 Å². The molecule has 92 valence electrons. The third kappa shape index (κ3) is 2.49. The number of hydrogen-bond donors (Lipinski definition) is 2. The molecule has 1 aliphatic carbocycles. The Bertz CT molecular complexity index is 446. The molecule has 0 bridgehead atoms. The zero-order valence-electron chi connectivity index (χ0n) is 10.2. The van der Waals surface area contributed by atoms with Crippen LogP contribution in [0.1, 0.15) is 23.7 Å². The lowest BCUT2D eigenvalue weighted by Crippen LogP contribution is -2.26. The molecule has 1 amide bonds. The first kappa shape index (κ1) is 11.7. The van der Waals surface area contributed by atoms with Gasteiger partial charge in [0.15, 0.2) is 0 Å². The molecule has 1 aromatic rings. The number of anilines is 2. The Morgan fingerprint density at radius 2 is 2.29 bits per heavy atom. The summed E-state index contributed by atoms with van der Waals surface area (Å²) in [5.74, 6) is 1.59. The number of carbonyl (C=O) groups excluding carboxylic acids is 1. The van der Waals surface area contributed by atoms with Crippen molar-refractivity contribution in [1.82, 2.24) is 4.98 Å². The van der Waals surface area contributed by atoms with Crippen LogP contribution in [0.5, 0.6) is 0 Å². The maximum atomic E-state index is 11.3. The summed E-state index contributed by atoms with van der Waals surface area (Å²) in [7, 11) is 1.93. The number of nitrogens with zero attached hydrogens (tertiary/aromatic N) is 2. The van der Waals surface area contributed by atoms with E-state index in [1.165, 1.54) is 6.42 Å². The minimum atomic E-state index is -0.490. The van der Waals surface area contributed by atoms with Gasteiger partial charge in [-0.1, -0.05) is 6.92 Å². The van der Waals surface area contributed by atoms with Gasteiger partial charge in [0, 0.05) is 13.6 Å². The van der Waals surface area contributed by atoms with Crippen LogP contribution >= 0.6 is 0 Å². The third-order valence-corrected chi connectivity index (χ3v) is 3.30. The zero-order valence-corrected chi connectivity index (χ0v) is 10.2. The number of carbonyl (C=O) groups is 1. The molecule has 1 aliphatic rings. The molecule has 0 spiro atoms. The number of pyridine rings is 1. The SMILES string of the molecule is CC1CC1CN(C)c1ncc(N)cc1C(N)=O. The number of amides is 1. The standard InChI is InChI=1S/C12H18N4O/c1-7-3-8(7)6-16(2)12-10(11(14)17)4-9(13)5-15-12/h4-5,7-8H,3,6,13H2,1-2H3,(H2,14,17). The first-order chi connectivity index (χ1) is 7.99. The molecule has 0 saturated heterocycles. The molecular weight excluding hydrogens is 216 g/mol. The molecular formula is C12H18N4O. The molecule has 0 aliphatic heterocycles. The van der Waals surface area contributed by atoms with Crippen LogP contribution in [0, 0.1) is 11.8 Å². The lowest BCUT2D eigenvalue weighted by Gasteiger charge is -2.20. The van der Waals surface area contributed by atoms with Gasteiger partial charge in [0.2, 0.25) is 0 Å². The molecule has 5 nitrogen and oxygen atoms in total. The van der Waals surface area contributed by atoms with Crippen LogP contribution in [0.4, 0.5) is 11.5 Å². The van der Waals surface area contributed by atoms with Crippen molar-refractivity contribution in [2.45, 2.75) is 13.3 Å². The number of aromatic nitrogens is 1. The number of primary amides is 1. The second-order valence-corrected chi connectivity index (χ2v) is 4.86. The van der Waals surface area contributed by atoms with Gasteiger partial charge >= 0.3 is 0 Å². The van der Waals surface area contributed by atoms with E-state index in [0.29, 0.717) is 23.0 Å². The fourth-order valence-electron chi connectivity index (χ4n) is 2.05. The van der Waals surface area contributed by atoms with Gasteiger partial charge in [-0.3, -0.25) is 4.79 Å². The van der Waals surface area contributed by atoms with E-state index >= 15 is 0 Å². The average molecular weight is 234 g/mol. The van der Waals surface area contributed by atoms with Crippen molar-refractivity contribution in [3.05, 3.63) is 17.8 Å². The summed E-state index contributed by atoms with van der Waals surface area (Å²) in [6.07, 6.45) is 2.79. The van der Waals surface area contributed by atoms with Crippen molar-refractivity contribution < 1.29 is 4.79 Å². The molecule has 2 unspecified atom stereocenters. The Morgan fingerprint density at radius 1 is 1.65 bits per heavy atom.